The number of benzene rings is 1. The number of carbonyl (C=O) groups is 2. The number of ether oxygens (including phenoxy) is 3. The highest BCUT2D eigenvalue weighted by Crippen LogP contribution is 2.48. The molecule has 0 saturated carbocycles. The van der Waals surface area contributed by atoms with E-state index in [2.05, 4.69) is 26.0 Å². The van der Waals surface area contributed by atoms with Crippen LogP contribution in [-0.2, 0) is 30.2 Å². The van der Waals surface area contributed by atoms with E-state index in [1.54, 1.807) is 13.0 Å². The molecule has 2 aliphatic heterocycles. The number of cyclic esters (lactones) is 1. The maximum Gasteiger partial charge on any atom is 0.338 e. The van der Waals surface area contributed by atoms with E-state index in [1.807, 2.05) is 0 Å². The van der Waals surface area contributed by atoms with Crippen molar-refractivity contribution < 1.29 is 23.8 Å². The summed E-state index contributed by atoms with van der Waals surface area (Å²) in [6.07, 6.45) is 2.72. The summed E-state index contributed by atoms with van der Waals surface area (Å²) in [4.78, 5) is 23.5. The zero-order valence-corrected chi connectivity index (χ0v) is 13.8. The molecule has 4 rings (SSSR count). The summed E-state index contributed by atoms with van der Waals surface area (Å²) in [6, 6.07) is 4.28. The first kappa shape index (κ1) is 15.0. The number of rotatable bonds is 2. The summed E-state index contributed by atoms with van der Waals surface area (Å²) in [5, 5.41) is 0. The van der Waals surface area contributed by atoms with Crippen LogP contribution in [-0.4, -0.2) is 18.2 Å². The number of esters is 2. The van der Waals surface area contributed by atoms with Gasteiger partial charge in [-0.15, -0.1) is 0 Å². The molecule has 5 heteroatoms. The third-order valence-electron chi connectivity index (χ3n) is 5.00. The zero-order chi connectivity index (χ0) is 17.0. The Kier molecular flexibility index (Phi) is 3.27. The second-order valence-corrected chi connectivity index (χ2v) is 6.60. The molecule has 0 N–H and O–H groups in total. The standard InChI is InChI=1S/C19H18O5/c1-9-4-12-7-14-15(8-22-16-6-11(3)18(20)23-16)19(21)24-17(14)13(12)5-10(9)2/h4-6,8,14,16-17H,7H2,1-3H3/b15-8+/t14-,16-,17-/m0/s1. The van der Waals surface area contributed by atoms with Gasteiger partial charge in [0.15, 0.2) is 0 Å². The molecule has 1 fully saturated rings. The minimum Gasteiger partial charge on any atom is -0.458 e. The lowest BCUT2D eigenvalue weighted by molar-refractivity contribution is -0.152. The average molecular weight is 326 g/mol. The van der Waals surface area contributed by atoms with Crippen LogP contribution in [0.2, 0.25) is 0 Å². The van der Waals surface area contributed by atoms with Crippen LogP contribution in [0, 0.1) is 19.8 Å². The van der Waals surface area contributed by atoms with Gasteiger partial charge in [-0.25, -0.2) is 9.59 Å². The van der Waals surface area contributed by atoms with Gasteiger partial charge in [0.05, 0.1) is 11.8 Å². The Balaban J connectivity index is 1.58. The Bertz CT molecular complexity index is 817. The van der Waals surface area contributed by atoms with Gasteiger partial charge in [0.1, 0.15) is 6.10 Å². The van der Waals surface area contributed by atoms with Gasteiger partial charge in [0, 0.05) is 17.6 Å². The molecule has 0 bridgehead atoms. The molecule has 3 atom stereocenters. The average Bonchev–Trinajstić information content (AvgIpc) is 3.12. The van der Waals surface area contributed by atoms with Crippen molar-refractivity contribution in [2.45, 2.75) is 39.6 Å². The maximum atomic E-state index is 12.2. The van der Waals surface area contributed by atoms with Crippen LogP contribution in [0.3, 0.4) is 0 Å². The van der Waals surface area contributed by atoms with Crippen LogP contribution in [0.5, 0.6) is 0 Å². The van der Waals surface area contributed by atoms with E-state index >= 15 is 0 Å². The van der Waals surface area contributed by atoms with E-state index in [1.165, 1.54) is 23.0 Å². The van der Waals surface area contributed by atoms with Crippen LogP contribution >= 0.6 is 0 Å². The number of carbonyl (C=O) groups excluding carboxylic acids is 2. The monoisotopic (exact) mass is 326 g/mol. The number of hydrogen-bond donors (Lipinski definition) is 0. The summed E-state index contributed by atoms with van der Waals surface area (Å²) in [7, 11) is 0. The van der Waals surface area contributed by atoms with Gasteiger partial charge in [-0.2, -0.15) is 0 Å². The van der Waals surface area contributed by atoms with E-state index in [0.29, 0.717) is 11.1 Å². The fourth-order valence-corrected chi connectivity index (χ4v) is 3.50. The van der Waals surface area contributed by atoms with Gasteiger partial charge in [-0.3, -0.25) is 0 Å². The van der Waals surface area contributed by atoms with Crippen LogP contribution < -0.4 is 0 Å². The highest BCUT2D eigenvalue weighted by Gasteiger charge is 2.46. The summed E-state index contributed by atoms with van der Waals surface area (Å²) in [5.41, 5.74) is 5.74. The van der Waals surface area contributed by atoms with E-state index in [0.717, 1.165) is 12.0 Å². The van der Waals surface area contributed by atoms with E-state index in [4.69, 9.17) is 14.2 Å². The maximum absolute atomic E-state index is 12.2. The number of fused-ring (bicyclic) bond motifs is 3. The molecular formula is C19H18O5. The fourth-order valence-electron chi connectivity index (χ4n) is 3.50. The predicted octanol–water partition coefficient (Wildman–Crippen LogP) is 2.80. The lowest BCUT2D eigenvalue weighted by atomic mass is 9.98. The molecule has 2 heterocycles. The molecule has 0 unspecified atom stereocenters. The molecule has 1 saturated heterocycles. The van der Waals surface area contributed by atoms with Crippen LogP contribution in [0.15, 0.2) is 35.6 Å². The topological polar surface area (TPSA) is 61.8 Å². The molecule has 0 aromatic heterocycles. The molecule has 24 heavy (non-hydrogen) atoms. The number of aryl methyl sites for hydroxylation is 2. The lowest BCUT2D eigenvalue weighted by Gasteiger charge is -2.10. The van der Waals surface area contributed by atoms with Crippen molar-refractivity contribution in [3.63, 3.8) is 0 Å². The van der Waals surface area contributed by atoms with Crippen molar-refractivity contribution >= 4 is 11.9 Å². The van der Waals surface area contributed by atoms with Gasteiger partial charge in [-0.05, 0) is 49.4 Å². The van der Waals surface area contributed by atoms with Gasteiger partial charge >= 0.3 is 11.9 Å². The van der Waals surface area contributed by atoms with Crippen LogP contribution in [0.4, 0.5) is 0 Å². The third kappa shape index (κ3) is 2.23. The molecule has 0 spiro atoms. The Morgan fingerprint density at radius 2 is 1.83 bits per heavy atom. The van der Waals surface area contributed by atoms with Crippen LogP contribution in [0.25, 0.3) is 0 Å². The van der Waals surface area contributed by atoms with Crippen LogP contribution in [0.1, 0.15) is 35.3 Å². The van der Waals surface area contributed by atoms with Gasteiger partial charge < -0.3 is 14.2 Å². The second-order valence-electron chi connectivity index (χ2n) is 6.60. The summed E-state index contributed by atoms with van der Waals surface area (Å²) < 4.78 is 16.1. The lowest BCUT2D eigenvalue weighted by Crippen LogP contribution is -2.11. The quantitative estimate of drug-likeness (QED) is 0.475. The minimum atomic E-state index is -0.773. The fraction of sp³-hybridized carbons (Fsp3) is 0.368. The molecule has 0 amide bonds. The van der Waals surface area contributed by atoms with Crippen molar-refractivity contribution in [1.82, 2.24) is 0 Å². The molecule has 3 aliphatic rings. The largest absolute Gasteiger partial charge is 0.458 e. The van der Waals surface area contributed by atoms with E-state index < -0.39 is 12.3 Å². The van der Waals surface area contributed by atoms with Crippen molar-refractivity contribution in [2.24, 2.45) is 5.92 Å². The predicted molar refractivity (Wildman–Crippen MR) is 84.7 cm³/mol. The summed E-state index contributed by atoms with van der Waals surface area (Å²) >= 11 is 0. The first-order valence-electron chi connectivity index (χ1n) is 8.00. The number of hydrogen-bond acceptors (Lipinski definition) is 5. The molecule has 1 aromatic rings. The SMILES string of the molecule is CC1=C[C@@H](O/C=C2/C(=O)O[C@H]3c4cc(C)c(C)cc4C[C@@H]23)OC1=O. The normalized spacial score (nSPS) is 29.2. The zero-order valence-electron chi connectivity index (χ0n) is 13.8. The van der Waals surface area contributed by atoms with E-state index in [-0.39, 0.29) is 18.0 Å². The van der Waals surface area contributed by atoms with Crippen molar-refractivity contribution in [2.75, 3.05) is 0 Å². The molecular weight excluding hydrogens is 308 g/mol. The Hall–Kier alpha value is -2.56. The molecule has 0 radical (unpaired) electrons. The smallest absolute Gasteiger partial charge is 0.338 e. The summed E-state index contributed by atoms with van der Waals surface area (Å²) in [6.45, 7) is 5.80. The first-order valence-corrected chi connectivity index (χ1v) is 8.00. The molecule has 5 nitrogen and oxygen atoms in total. The first-order chi connectivity index (χ1) is 11.4. The van der Waals surface area contributed by atoms with Crippen molar-refractivity contribution in [1.29, 1.82) is 0 Å². The highest BCUT2D eigenvalue weighted by atomic mass is 16.7. The third-order valence-corrected chi connectivity index (χ3v) is 5.00. The van der Waals surface area contributed by atoms with Gasteiger partial charge in [0.25, 0.3) is 6.29 Å². The molecule has 1 aromatic carbocycles. The summed E-state index contributed by atoms with van der Waals surface area (Å²) in [5.74, 6) is -0.806. The van der Waals surface area contributed by atoms with Crippen molar-refractivity contribution in [3.05, 3.63) is 57.9 Å². The Labute approximate surface area is 139 Å². The molecule has 124 valence electrons. The minimum absolute atomic E-state index is 0.0455. The van der Waals surface area contributed by atoms with Gasteiger partial charge in [0.2, 0.25) is 0 Å². The second kappa shape index (κ2) is 5.23. The Morgan fingerprint density at radius 1 is 1.08 bits per heavy atom. The Morgan fingerprint density at radius 3 is 2.54 bits per heavy atom. The van der Waals surface area contributed by atoms with Gasteiger partial charge in [-0.1, -0.05) is 12.1 Å². The van der Waals surface area contributed by atoms with Crippen molar-refractivity contribution in [3.8, 4) is 0 Å². The highest BCUT2D eigenvalue weighted by molar-refractivity contribution is 5.92. The molecule has 1 aliphatic carbocycles. The van der Waals surface area contributed by atoms with E-state index in [9.17, 15) is 9.59 Å².